The molecular weight excluding hydrogens is 488 g/mol. The molecule has 37 heavy (non-hydrogen) atoms. The molecule has 8 nitrogen and oxygen atoms in total. The zero-order valence-electron chi connectivity index (χ0n) is 22.5. The summed E-state index contributed by atoms with van der Waals surface area (Å²) >= 11 is 0. The van der Waals surface area contributed by atoms with Crippen LogP contribution in [0.2, 0.25) is 18.1 Å². The second-order valence-corrected chi connectivity index (χ2v) is 16.8. The van der Waals surface area contributed by atoms with Crippen LogP contribution < -0.4 is 11.2 Å². The summed E-state index contributed by atoms with van der Waals surface area (Å²) in [6.45, 7) is 15.0. The molecule has 2 fully saturated rings. The molecular formula is C28H36N2O6Si. The molecule has 4 atom stereocenters. The number of hydrogen-bond donors (Lipinski definition) is 1. The lowest BCUT2D eigenvalue weighted by Gasteiger charge is -2.37. The maximum absolute atomic E-state index is 13.3. The molecule has 9 heteroatoms. The van der Waals surface area contributed by atoms with Gasteiger partial charge in [-0.1, -0.05) is 57.2 Å². The van der Waals surface area contributed by atoms with Crippen LogP contribution in [0.25, 0.3) is 22.0 Å². The van der Waals surface area contributed by atoms with E-state index in [1.54, 1.807) is 0 Å². The summed E-state index contributed by atoms with van der Waals surface area (Å²) in [6.07, 6.45) is -2.21. The average Bonchev–Trinajstić information content (AvgIpc) is 3.29. The molecule has 2 aromatic carbocycles. The first-order valence-electron chi connectivity index (χ1n) is 12.8. The van der Waals surface area contributed by atoms with Crippen LogP contribution in [0.3, 0.4) is 0 Å². The Kier molecular flexibility index (Phi) is 6.36. The number of nitrogens with zero attached hydrogens (tertiary/aromatic N) is 1. The van der Waals surface area contributed by atoms with Crippen LogP contribution in [0.4, 0.5) is 0 Å². The summed E-state index contributed by atoms with van der Waals surface area (Å²) in [4.78, 5) is 28.1. The molecule has 2 saturated heterocycles. The Morgan fingerprint density at radius 3 is 2.38 bits per heavy atom. The number of rotatable bonds is 5. The second-order valence-electron chi connectivity index (χ2n) is 12.0. The van der Waals surface area contributed by atoms with Gasteiger partial charge in [0, 0.05) is 6.07 Å². The fourth-order valence-corrected chi connectivity index (χ4v) is 5.85. The smallest absolute Gasteiger partial charge is 0.331 e. The van der Waals surface area contributed by atoms with E-state index < -0.39 is 49.9 Å². The molecule has 0 aliphatic carbocycles. The predicted molar refractivity (Wildman–Crippen MR) is 145 cm³/mol. The van der Waals surface area contributed by atoms with Gasteiger partial charge in [-0.05, 0) is 54.4 Å². The minimum atomic E-state index is -2.05. The first-order valence-corrected chi connectivity index (χ1v) is 15.7. The Morgan fingerprint density at radius 1 is 1.00 bits per heavy atom. The Morgan fingerprint density at radius 2 is 1.68 bits per heavy atom. The summed E-state index contributed by atoms with van der Waals surface area (Å²) in [7, 11) is -2.05. The van der Waals surface area contributed by atoms with Crippen molar-refractivity contribution in [1.29, 1.82) is 0 Å². The number of hydrogen-bond acceptors (Lipinski definition) is 6. The van der Waals surface area contributed by atoms with Gasteiger partial charge in [0.05, 0.1) is 12.3 Å². The lowest BCUT2D eigenvalue weighted by atomic mass is 10.0. The molecule has 0 spiro atoms. The number of ether oxygens (including phenoxy) is 3. The standard InChI is InChI=1S/C28H36N2O6Si/c1-27(2,3)37(6,7)33-16-21-23-24(36-28(4,5)35-23)25(34-21)30-20(15-22(31)29-26(30)32)19-13-12-17-10-8-9-11-18(17)14-19/h8-15,21,23-25H,16H2,1-7H3,(H,29,31,32)/t21-,23-,24-,25-/m1/s1. The maximum atomic E-state index is 13.3. The normalized spacial score (nSPS) is 25.5. The number of aromatic nitrogens is 2. The van der Waals surface area contributed by atoms with Crippen LogP contribution in [-0.2, 0) is 18.6 Å². The van der Waals surface area contributed by atoms with E-state index >= 15 is 0 Å². The summed E-state index contributed by atoms with van der Waals surface area (Å²) in [5, 5.41) is 2.11. The number of benzene rings is 2. The summed E-state index contributed by atoms with van der Waals surface area (Å²) in [5.41, 5.74) is 0.170. The van der Waals surface area contributed by atoms with Gasteiger partial charge in [0.2, 0.25) is 0 Å². The van der Waals surface area contributed by atoms with E-state index in [0.717, 1.165) is 16.3 Å². The van der Waals surface area contributed by atoms with Crippen molar-refractivity contribution in [3.05, 3.63) is 69.4 Å². The molecule has 0 saturated carbocycles. The number of nitrogens with one attached hydrogen (secondary N) is 1. The van der Waals surface area contributed by atoms with Gasteiger partial charge in [-0.2, -0.15) is 0 Å². The van der Waals surface area contributed by atoms with Crippen molar-refractivity contribution in [2.45, 2.75) is 83.1 Å². The molecule has 2 aliphatic rings. The van der Waals surface area contributed by atoms with E-state index in [4.69, 9.17) is 18.6 Å². The summed E-state index contributed by atoms with van der Waals surface area (Å²) in [5.74, 6) is -0.846. The molecule has 198 valence electrons. The number of aromatic amines is 1. The van der Waals surface area contributed by atoms with Crippen molar-refractivity contribution < 1.29 is 18.6 Å². The van der Waals surface area contributed by atoms with Gasteiger partial charge >= 0.3 is 5.69 Å². The van der Waals surface area contributed by atoms with Crippen molar-refractivity contribution in [2.75, 3.05) is 6.61 Å². The molecule has 0 radical (unpaired) electrons. The minimum Gasteiger partial charge on any atom is -0.414 e. The average molecular weight is 525 g/mol. The van der Waals surface area contributed by atoms with Crippen LogP contribution in [0.15, 0.2) is 58.1 Å². The SMILES string of the molecule is CC1(C)O[C@@H]2[C@H](O1)[C@@H](CO[Si](C)(C)C(C)(C)C)O[C@H]2n1c(-c2ccc3ccccc3c2)cc(=O)[nH]c1=O. The van der Waals surface area contributed by atoms with Crippen LogP contribution in [0, 0.1) is 0 Å². The molecule has 0 unspecified atom stereocenters. The highest BCUT2D eigenvalue weighted by atomic mass is 28.4. The Balaban J connectivity index is 1.56. The van der Waals surface area contributed by atoms with Crippen molar-refractivity contribution in [2.24, 2.45) is 0 Å². The van der Waals surface area contributed by atoms with E-state index in [1.165, 1.54) is 10.6 Å². The monoisotopic (exact) mass is 524 g/mol. The number of H-pyrrole nitrogens is 1. The molecule has 2 aliphatic heterocycles. The van der Waals surface area contributed by atoms with E-state index in [0.29, 0.717) is 12.3 Å². The van der Waals surface area contributed by atoms with Crippen LogP contribution >= 0.6 is 0 Å². The lowest BCUT2D eigenvalue weighted by molar-refractivity contribution is -0.200. The van der Waals surface area contributed by atoms with Gasteiger partial charge in [-0.3, -0.25) is 14.3 Å². The first-order chi connectivity index (χ1) is 17.3. The number of fused-ring (bicyclic) bond motifs is 2. The van der Waals surface area contributed by atoms with Crippen molar-refractivity contribution in [3.8, 4) is 11.3 Å². The molecule has 1 N–H and O–H groups in total. The lowest BCUT2D eigenvalue weighted by Crippen LogP contribution is -2.44. The largest absolute Gasteiger partial charge is 0.414 e. The fraction of sp³-hybridized carbons (Fsp3) is 0.500. The van der Waals surface area contributed by atoms with Crippen LogP contribution in [0.5, 0.6) is 0 Å². The van der Waals surface area contributed by atoms with Gasteiger partial charge in [0.25, 0.3) is 5.56 Å². The molecule has 3 aromatic rings. The van der Waals surface area contributed by atoms with Crippen LogP contribution in [0.1, 0.15) is 40.8 Å². The summed E-state index contributed by atoms with van der Waals surface area (Å²) in [6, 6.07) is 15.3. The third-order valence-corrected chi connectivity index (χ3v) is 12.3. The predicted octanol–water partition coefficient (Wildman–Crippen LogP) is 4.80. The topological polar surface area (TPSA) is 91.8 Å². The first kappa shape index (κ1) is 26.1. The quantitative estimate of drug-likeness (QED) is 0.482. The Labute approximate surface area is 217 Å². The third-order valence-electron chi connectivity index (χ3n) is 7.82. The second kappa shape index (κ2) is 9.02. The van der Waals surface area contributed by atoms with Gasteiger partial charge in [-0.25, -0.2) is 4.79 Å². The maximum Gasteiger partial charge on any atom is 0.331 e. The van der Waals surface area contributed by atoms with E-state index in [2.05, 4.69) is 38.8 Å². The Bertz CT molecular complexity index is 1440. The molecule has 1 aromatic heterocycles. The molecule has 0 bridgehead atoms. The van der Waals surface area contributed by atoms with Gasteiger partial charge in [0.15, 0.2) is 20.3 Å². The minimum absolute atomic E-state index is 0.0375. The van der Waals surface area contributed by atoms with Crippen LogP contribution in [-0.4, -0.2) is 48.6 Å². The Hall–Kier alpha value is -2.56. The van der Waals surface area contributed by atoms with E-state index in [1.807, 2.05) is 56.3 Å². The van der Waals surface area contributed by atoms with E-state index in [9.17, 15) is 9.59 Å². The van der Waals surface area contributed by atoms with Gasteiger partial charge in [0.1, 0.15) is 18.3 Å². The van der Waals surface area contributed by atoms with Crippen molar-refractivity contribution >= 4 is 19.1 Å². The molecule has 0 amide bonds. The highest BCUT2D eigenvalue weighted by Crippen LogP contribution is 2.45. The van der Waals surface area contributed by atoms with Gasteiger partial charge in [-0.15, -0.1) is 0 Å². The van der Waals surface area contributed by atoms with Gasteiger partial charge < -0.3 is 18.6 Å². The highest BCUT2D eigenvalue weighted by molar-refractivity contribution is 6.74. The zero-order valence-corrected chi connectivity index (χ0v) is 23.5. The van der Waals surface area contributed by atoms with Crippen molar-refractivity contribution in [3.63, 3.8) is 0 Å². The van der Waals surface area contributed by atoms with Crippen molar-refractivity contribution in [1.82, 2.24) is 9.55 Å². The molecule has 3 heterocycles. The van der Waals surface area contributed by atoms with E-state index in [-0.39, 0.29) is 5.04 Å². The molecule has 5 rings (SSSR count). The highest BCUT2D eigenvalue weighted by Gasteiger charge is 2.57. The fourth-order valence-electron chi connectivity index (χ4n) is 4.84. The third kappa shape index (κ3) is 4.86. The summed E-state index contributed by atoms with van der Waals surface area (Å²) < 4.78 is 27.0. The zero-order chi connectivity index (χ0) is 26.8.